The van der Waals surface area contributed by atoms with Gasteiger partial charge in [0.2, 0.25) is 5.95 Å². The second kappa shape index (κ2) is 10.1. The highest BCUT2D eigenvalue weighted by Crippen LogP contribution is 2.36. The average molecular weight is 525 g/mol. The maximum atomic E-state index is 12.8. The normalized spacial score (nSPS) is 17.5. The minimum absolute atomic E-state index is 0.0134. The molecule has 0 atom stereocenters. The van der Waals surface area contributed by atoms with E-state index < -0.39 is 9.84 Å². The van der Waals surface area contributed by atoms with E-state index in [9.17, 15) is 13.2 Å². The molecule has 0 spiro atoms. The van der Waals surface area contributed by atoms with Crippen molar-refractivity contribution in [2.75, 3.05) is 42.2 Å². The summed E-state index contributed by atoms with van der Waals surface area (Å²) in [5.41, 5.74) is 2.21. The van der Waals surface area contributed by atoms with E-state index in [1.54, 1.807) is 12.1 Å². The lowest BCUT2D eigenvalue weighted by Gasteiger charge is -2.23. The zero-order valence-corrected chi connectivity index (χ0v) is 21.6. The number of nitrogens with zero attached hydrogens (tertiary/aromatic N) is 3. The summed E-state index contributed by atoms with van der Waals surface area (Å²) in [6.45, 7) is 3.63. The number of fused-ring (bicyclic) bond motifs is 2. The van der Waals surface area contributed by atoms with Crippen LogP contribution in [-0.4, -0.2) is 67.1 Å². The predicted octanol–water partition coefficient (Wildman–Crippen LogP) is 2.36. The van der Waals surface area contributed by atoms with Crippen LogP contribution in [0.15, 0.2) is 47.4 Å². The van der Waals surface area contributed by atoms with Gasteiger partial charge < -0.3 is 26.0 Å². The molecule has 2 aliphatic rings. The van der Waals surface area contributed by atoms with Crippen LogP contribution in [0.1, 0.15) is 30.4 Å². The number of amides is 2. The Morgan fingerprint density at radius 3 is 2.76 bits per heavy atom. The molecule has 5 rings (SSSR count). The number of aryl methyl sites for hydroxylation is 1. The van der Waals surface area contributed by atoms with Crippen LogP contribution >= 0.6 is 0 Å². The number of aromatic nitrogens is 2. The summed E-state index contributed by atoms with van der Waals surface area (Å²) in [6, 6.07) is 12.8. The number of nitrogens with one attached hydrogen (secondary N) is 3. The fourth-order valence-corrected chi connectivity index (χ4v) is 6.05. The summed E-state index contributed by atoms with van der Waals surface area (Å²) in [6.07, 6.45) is 2.21. The zero-order chi connectivity index (χ0) is 26.0. The Balaban J connectivity index is 1.41. The molecule has 10 nitrogen and oxygen atoms in total. The second-order valence-corrected chi connectivity index (χ2v) is 11.9. The predicted molar refractivity (Wildman–Crippen MR) is 143 cm³/mol. The topological polar surface area (TPSA) is 137 Å². The Labute approximate surface area is 216 Å². The van der Waals surface area contributed by atoms with E-state index in [0.717, 1.165) is 34.9 Å². The molecular weight excluding hydrogens is 492 g/mol. The molecule has 2 heterocycles. The average Bonchev–Trinajstić information content (AvgIpc) is 3.66. The minimum atomic E-state index is -3.39. The third-order valence-electron chi connectivity index (χ3n) is 6.87. The fraction of sp³-hybridized carbons (Fsp3) is 0.423. The van der Waals surface area contributed by atoms with Crippen LogP contribution in [0.2, 0.25) is 0 Å². The number of sulfone groups is 1. The summed E-state index contributed by atoms with van der Waals surface area (Å²) in [5, 5.41) is 19.0. The van der Waals surface area contributed by atoms with Crippen LogP contribution in [0.3, 0.4) is 0 Å². The van der Waals surface area contributed by atoms with Crippen LogP contribution in [0, 0.1) is 6.92 Å². The quantitative estimate of drug-likeness (QED) is 0.330. The molecule has 1 aromatic heterocycles. The van der Waals surface area contributed by atoms with Gasteiger partial charge in [-0.15, -0.1) is 0 Å². The third-order valence-corrected chi connectivity index (χ3v) is 8.66. The Morgan fingerprint density at radius 1 is 1.16 bits per heavy atom. The number of anilines is 2. The molecule has 3 aromatic rings. The van der Waals surface area contributed by atoms with Crippen LogP contribution in [-0.2, 0) is 16.4 Å². The lowest BCUT2D eigenvalue weighted by atomic mass is 10.1. The zero-order valence-electron chi connectivity index (χ0n) is 20.8. The number of carbonyl (C=O) groups is 1. The first kappa shape index (κ1) is 25.2. The molecule has 0 saturated heterocycles. The minimum Gasteiger partial charge on any atom is -0.396 e. The number of hydrogen-bond acceptors (Lipinski definition) is 8. The van der Waals surface area contributed by atoms with Gasteiger partial charge in [0.25, 0.3) is 0 Å². The van der Waals surface area contributed by atoms with E-state index in [1.807, 2.05) is 42.2 Å². The van der Waals surface area contributed by atoms with E-state index >= 15 is 0 Å². The van der Waals surface area contributed by atoms with Crippen LogP contribution in [0.4, 0.5) is 16.6 Å². The van der Waals surface area contributed by atoms with Crippen LogP contribution in [0.5, 0.6) is 0 Å². The Kier molecular flexibility index (Phi) is 6.91. The first-order valence-corrected chi connectivity index (χ1v) is 14.2. The highest BCUT2D eigenvalue weighted by Gasteiger charge is 2.44. The summed E-state index contributed by atoms with van der Waals surface area (Å²) in [4.78, 5) is 24.2. The molecule has 4 N–H and O–H groups in total. The molecule has 1 aliphatic heterocycles. The van der Waals surface area contributed by atoms with Gasteiger partial charge in [-0.3, -0.25) is 0 Å². The number of benzene rings is 2. The molecule has 2 amide bonds. The molecule has 1 saturated carbocycles. The van der Waals surface area contributed by atoms with Gasteiger partial charge in [0.1, 0.15) is 5.82 Å². The van der Waals surface area contributed by atoms with Gasteiger partial charge in [0, 0.05) is 38.2 Å². The summed E-state index contributed by atoms with van der Waals surface area (Å²) >= 11 is 0. The number of carbonyl (C=O) groups excluding carboxylic acids is 1. The Bertz CT molecular complexity index is 1420. The van der Waals surface area contributed by atoms with Crippen molar-refractivity contribution in [2.24, 2.45) is 0 Å². The monoisotopic (exact) mass is 524 g/mol. The van der Waals surface area contributed by atoms with Crippen molar-refractivity contribution in [1.82, 2.24) is 20.6 Å². The molecule has 0 unspecified atom stereocenters. The molecule has 11 heteroatoms. The highest BCUT2D eigenvalue weighted by atomic mass is 32.2. The third kappa shape index (κ3) is 5.62. The van der Waals surface area contributed by atoms with Gasteiger partial charge in [0.05, 0.1) is 21.7 Å². The number of rotatable bonds is 8. The lowest BCUT2D eigenvalue weighted by molar-refractivity contribution is 0.233. The van der Waals surface area contributed by atoms with E-state index in [1.165, 1.54) is 0 Å². The van der Waals surface area contributed by atoms with Crippen molar-refractivity contribution in [3.05, 3.63) is 53.6 Å². The molecule has 1 aliphatic carbocycles. The van der Waals surface area contributed by atoms with Crippen molar-refractivity contribution in [1.29, 1.82) is 0 Å². The standard InChI is InChI=1S/C26H32N6O4S/c1-18-7-8-21-20(15-18)23(28-17-26(9-10-26)31-25(34)27-11-4-13-33)30-24(29-21)32-12-14-37(35,36)22-6-3-2-5-19(22)16-32/h2-3,5-8,15,33H,4,9-14,16-17H2,1H3,(H2,27,31,34)(H,28,29,30). The lowest BCUT2D eigenvalue weighted by Crippen LogP contribution is -2.47. The second-order valence-electron chi connectivity index (χ2n) is 9.83. The fourth-order valence-electron chi connectivity index (χ4n) is 4.56. The highest BCUT2D eigenvalue weighted by molar-refractivity contribution is 7.91. The summed E-state index contributed by atoms with van der Waals surface area (Å²) in [5.74, 6) is 1.10. The van der Waals surface area contributed by atoms with Crippen molar-refractivity contribution in [2.45, 2.75) is 43.2 Å². The SMILES string of the molecule is Cc1ccc2nc(N3CCS(=O)(=O)c4ccccc4C3)nc(NCC3(NC(=O)NCCCO)CC3)c2c1. The molecular formula is C26H32N6O4S. The maximum absolute atomic E-state index is 12.8. The molecule has 0 radical (unpaired) electrons. The van der Waals surface area contributed by atoms with Crippen molar-refractivity contribution >= 4 is 38.5 Å². The van der Waals surface area contributed by atoms with Crippen molar-refractivity contribution < 1.29 is 18.3 Å². The summed E-state index contributed by atoms with van der Waals surface area (Å²) in [7, 11) is -3.39. The van der Waals surface area contributed by atoms with Crippen LogP contribution < -0.4 is 20.9 Å². The first-order chi connectivity index (χ1) is 17.8. The molecule has 2 aromatic carbocycles. The first-order valence-electron chi connectivity index (χ1n) is 12.5. The van der Waals surface area contributed by atoms with Crippen molar-refractivity contribution in [3.8, 4) is 0 Å². The molecule has 1 fully saturated rings. The van der Waals surface area contributed by atoms with E-state index in [-0.39, 0.29) is 30.5 Å². The van der Waals surface area contributed by atoms with Gasteiger partial charge in [-0.05, 0) is 49.9 Å². The van der Waals surface area contributed by atoms with Gasteiger partial charge in [-0.1, -0.05) is 29.8 Å². The maximum Gasteiger partial charge on any atom is 0.315 e. The molecule has 0 bridgehead atoms. The van der Waals surface area contributed by atoms with Crippen LogP contribution in [0.25, 0.3) is 10.9 Å². The smallest absolute Gasteiger partial charge is 0.315 e. The van der Waals surface area contributed by atoms with Gasteiger partial charge in [0.15, 0.2) is 9.84 Å². The van der Waals surface area contributed by atoms with Gasteiger partial charge in [-0.2, -0.15) is 4.98 Å². The number of aliphatic hydroxyl groups is 1. The van der Waals surface area contributed by atoms with E-state index in [0.29, 0.717) is 42.7 Å². The Morgan fingerprint density at radius 2 is 1.97 bits per heavy atom. The van der Waals surface area contributed by atoms with E-state index in [4.69, 9.17) is 15.1 Å². The Hall–Kier alpha value is -3.44. The largest absolute Gasteiger partial charge is 0.396 e. The number of hydrogen-bond donors (Lipinski definition) is 4. The molecule has 37 heavy (non-hydrogen) atoms. The van der Waals surface area contributed by atoms with E-state index in [2.05, 4.69) is 16.0 Å². The number of urea groups is 1. The van der Waals surface area contributed by atoms with Crippen molar-refractivity contribution in [3.63, 3.8) is 0 Å². The molecule has 196 valence electrons. The van der Waals surface area contributed by atoms with Gasteiger partial charge >= 0.3 is 6.03 Å². The summed E-state index contributed by atoms with van der Waals surface area (Å²) < 4.78 is 25.7. The van der Waals surface area contributed by atoms with Gasteiger partial charge in [-0.25, -0.2) is 18.2 Å². The number of aliphatic hydroxyl groups excluding tert-OH is 1.